The lowest BCUT2D eigenvalue weighted by Gasteiger charge is -2.17. The molecule has 2 atom stereocenters. The molecule has 1 aliphatic rings. The molecule has 142 valence electrons. The molecule has 1 saturated heterocycles. The number of nitrogens with one attached hydrogen (secondary N) is 1. The zero-order valence-electron chi connectivity index (χ0n) is 14.0. The van der Waals surface area contributed by atoms with Gasteiger partial charge in [0.1, 0.15) is 5.92 Å². The summed E-state index contributed by atoms with van der Waals surface area (Å²) in [4.78, 5) is 34.2. The smallest absolute Gasteiger partial charge is 0.344 e. The zero-order chi connectivity index (χ0) is 19.8. The summed E-state index contributed by atoms with van der Waals surface area (Å²) >= 11 is 5.86. The minimum atomic E-state index is -4.46. The van der Waals surface area contributed by atoms with E-state index in [9.17, 15) is 22.8 Å². The molecule has 2 heterocycles. The van der Waals surface area contributed by atoms with Crippen LogP contribution in [0.3, 0.4) is 0 Å². The van der Waals surface area contributed by atoms with Crippen LogP contribution in [-0.4, -0.2) is 40.3 Å². The van der Waals surface area contributed by atoms with Crippen molar-refractivity contribution in [2.45, 2.75) is 12.1 Å². The van der Waals surface area contributed by atoms with Crippen molar-refractivity contribution in [3.63, 3.8) is 0 Å². The van der Waals surface area contributed by atoms with Crippen molar-refractivity contribution in [1.82, 2.24) is 14.9 Å². The van der Waals surface area contributed by atoms with Crippen molar-refractivity contribution < 1.29 is 22.8 Å². The summed E-state index contributed by atoms with van der Waals surface area (Å²) in [5.41, 5.74) is -0.331. The van der Waals surface area contributed by atoms with Gasteiger partial charge in [-0.2, -0.15) is 13.2 Å². The Bertz CT molecular complexity index is 873. The summed E-state index contributed by atoms with van der Waals surface area (Å²) in [5.74, 6) is -2.77. The Morgan fingerprint density at radius 2 is 1.85 bits per heavy atom. The lowest BCUT2D eigenvalue weighted by molar-refractivity contribution is -0.138. The largest absolute Gasteiger partial charge is 0.416 e. The fourth-order valence-corrected chi connectivity index (χ4v) is 3.16. The van der Waals surface area contributed by atoms with E-state index in [1.807, 2.05) is 0 Å². The first-order valence-electron chi connectivity index (χ1n) is 7.88. The number of benzene rings is 1. The predicted molar refractivity (Wildman–Crippen MR) is 91.0 cm³/mol. The molecule has 0 unspecified atom stereocenters. The molecule has 27 heavy (non-hydrogen) atoms. The molecule has 1 aliphatic heterocycles. The molecule has 0 spiro atoms. The monoisotopic (exact) mass is 398 g/mol. The Balaban J connectivity index is 1.87. The number of aromatic nitrogens is 2. The molecule has 0 bridgehead atoms. The molecule has 2 amide bonds. The van der Waals surface area contributed by atoms with Gasteiger partial charge in [-0.3, -0.25) is 9.59 Å². The molecule has 2 aromatic rings. The average molecular weight is 399 g/mol. The molecule has 10 heteroatoms. The van der Waals surface area contributed by atoms with Crippen molar-refractivity contribution >= 4 is 29.2 Å². The molecule has 1 N–H and O–H groups in total. The van der Waals surface area contributed by atoms with Crippen molar-refractivity contribution in [3.05, 3.63) is 52.9 Å². The molecule has 1 aromatic heterocycles. The lowest BCUT2D eigenvalue weighted by atomic mass is 9.87. The summed E-state index contributed by atoms with van der Waals surface area (Å²) in [6.45, 7) is 0.205. The number of hydrogen-bond donors (Lipinski definition) is 1. The second-order valence-electron chi connectivity index (χ2n) is 6.11. The van der Waals surface area contributed by atoms with E-state index in [4.69, 9.17) is 11.6 Å². The Labute approximate surface area is 157 Å². The fraction of sp³-hybridized carbons (Fsp3) is 0.294. The molecule has 0 radical (unpaired) electrons. The number of halogens is 4. The van der Waals surface area contributed by atoms with Crippen LogP contribution in [0.5, 0.6) is 0 Å². The van der Waals surface area contributed by atoms with Gasteiger partial charge in [-0.1, -0.05) is 23.7 Å². The molecule has 1 aromatic carbocycles. The first kappa shape index (κ1) is 19.1. The van der Waals surface area contributed by atoms with Gasteiger partial charge in [-0.15, -0.1) is 0 Å². The highest BCUT2D eigenvalue weighted by atomic mass is 35.5. The molecular formula is C17H14ClF3N4O2. The van der Waals surface area contributed by atoms with Crippen molar-refractivity contribution in [1.29, 1.82) is 0 Å². The predicted octanol–water partition coefficient (Wildman–Crippen LogP) is 2.96. The first-order chi connectivity index (χ1) is 12.7. The fourth-order valence-electron chi connectivity index (χ4n) is 3.01. The zero-order valence-corrected chi connectivity index (χ0v) is 14.8. The van der Waals surface area contributed by atoms with Crippen LogP contribution < -0.4 is 5.32 Å². The normalized spacial score (nSPS) is 20.0. The van der Waals surface area contributed by atoms with Crippen LogP contribution in [0.2, 0.25) is 5.15 Å². The highest BCUT2D eigenvalue weighted by Gasteiger charge is 2.44. The third-order valence-electron chi connectivity index (χ3n) is 4.36. The van der Waals surface area contributed by atoms with Crippen LogP contribution in [0, 0.1) is 5.92 Å². The summed E-state index contributed by atoms with van der Waals surface area (Å²) in [7, 11) is 1.53. The van der Waals surface area contributed by atoms with E-state index in [0.29, 0.717) is 5.56 Å². The number of nitrogens with zero attached hydrogens (tertiary/aromatic N) is 3. The van der Waals surface area contributed by atoms with Crippen molar-refractivity contribution in [3.8, 4) is 0 Å². The second kappa shape index (κ2) is 7.15. The van der Waals surface area contributed by atoms with Crippen LogP contribution in [0.1, 0.15) is 17.0 Å². The third-order valence-corrected chi connectivity index (χ3v) is 4.64. The van der Waals surface area contributed by atoms with E-state index in [2.05, 4.69) is 15.3 Å². The van der Waals surface area contributed by atoms with E-state index in [1.54, 1.807) is 0 Å². The quantitative estimate of drug-likeness (QED) is 0.807. The highest BCUT2D eigenvalue weighted by molar-refractivity contribution is 6.32. The van der Waals surface area contributed by atoms with Crippen LogP contribution >= 0.6 is 11.6 Å². The highest BCUT2D eigenvalue weighted by Crippen LogP contribution is 2.36. The Kier molecular flexibility index (Phi) is 5.05. The molecule has 1 fully saturated rings. The molecule has 3 rings (SSSR count). The standard InChI is InChI=1S/C17H14ClF3N4O2/c1-25-8-11(9-2-4-10(5-3-9)17(19,20)21)12(16(25)27)15(26)24-14-13(18)22-6-7-23-14/h2-7,11-12H,8H2,1H3,(H,23,24,26)/t11-,12+/m0/s1. The number of carbonyl (C=O) groups excluding carboxylic acids is 2. The molecule has 0 saturated carbocycles. The summed E-state index contributed by atoms with van der Waals surface area (Å²) in [5, 5.41) is 2.43. The van der Waals surface area contributed by atoms with E-state index < -0.39 is 35.4 Å². The summed E-state index contributed by atoms with van der Waals surface area (Å²) < 4.78 is 38.3. The Morgan fingerprint density at radius 1 is 1.22 bits per heavy atom. The number of amides is 2. The molecule has 0 aliphatic carbocycles. The number of hydrogen-bond acceptors (Lipinski definition) is 4. The number of likely N-dealkylation sites (tertiary alicyclic amines) is 1. The van der Waals surface area contributed by atoms with Gasteiger partial charge in [-0.25, -0.2) is 9.97 Å². The van der Waals surface area contributed by atoms with Gasteiger partial charge in [0, 0.05) is 31.9 Å². The first-order valence-corrected chi connectivity index (χ1v) is 8.26. The van der Waals surface area contributed by atoms with Gasteiger partial charge in [0.25, 0.3) is 0 Å². The number of alkyl halides is 3. The number of rotatable bonds is 3. The summed E-state index contributed by atoms with van der Waals surface area (Å²) in [6.07, 6.45) is -1.78. The minimum absolute atomic E-state index is 0.0117. The number of anilines is 1. The van der Waals surface area contributed by atoms with Crippen LogP contribution in [0.25, 0.3) is 0 Å². The maximum absolute atomic E-state index is 12.8. The van der Waals surface area contributed by atoms with Crippen LogP contribution in [0.15, 0.2) is 36.7 Å². The number of carbonyl (C=O) groups is 2. The van der Waals surface area contributed by atoms with E-state index in [1.165, 1.54) is 36.5 Å². The van der Waals surface area contributed by atoms with Gasteiger partial charge in [0.2, 0.25) is 11.8 Å². The van der Waals surface area contributed by atoms with E-state index in [-0.39, 0.29) is 17.5 Å². The Morgan fingerprint density at radius 3 is 2.44 bits per heavy atom. The Hall–Kier alpha value is -2.68. The SMILES string of the molecule is CN1C[C@@H](c2ccc(C(F)(F)F)cc2)[C@H](C(=O)Nc2nccnc2Cl)C1=O. The topological polar surface area (TPSA) is 75.2 Å². The maximum Gasteiger partial charge on any atom is 0.416 e. The third kappa shape index (κ3) is 3.87. The lowest BCUT2D eigenvalue weighted by Crippen LogP contribution is -2.33. The maximum atomic E-state index is 12.8. The molecule has 6 nitrogen and oxygen atoms in total. The van der Waals surface area contributed by atoms with Crippen molar-refractivity contribution in [2.75, 3.05) is 18.9 Å². The van der Waals surface area contributed by atoms with Gasteiger partial charge in [0.15, 0.2) is 11.0 Å². The van der Waals surface area contributed by atoms with Gasteiger partial charge < -0.3 is 10.2 Å². The van der Waals surface area contributed by atoms with Gasteiger partial charge in [-0.05, 0) is 17.7 Å². The second-order valence-corrected chi connectivity index (χ2v) is 6.47. The average Bonchev–Trinajstić information content (AvgIpc) is 2.91. The minimum Gasteiger partial charge on any atom is -0.344 e. The van der Waals surface area contributed by atoms with Gasteiger partial charge in [0.05, 0.1) is 5.56 Å². The van der Waals surface area contributed by atoms with Gasteiger partial charge >= 0.3 is 6.18 Å². The van der Waals surface area contributed by atoms with E-state index >= 15 is 0 Å². The summed E-state index contributed by atoms with van der Waals surface area (Å²) in [6, 6.07) is 4.45. The molecular weight excluding hydrogens is 385 g/mol. The van der Waals surface area contributed by atoms with E-state index in [0.717, 1.165) is 12.1 Å². The van der Waals surface area contributed by atoms with Crippen molar-refractivity contribution in [2.24, 2.45) is 5.92 Å². The number of likely N-dealkylation sites (N-methyl/N-ethyl adjacent to an activating group) is 1. The van der Waals surface area contributed by atoms with Crippen LogP contribution in [-0.2, 0) is 15.8 Å². The van der Waals surface area contributed by atoms with Crippen LogP contribution in [0.4, 0.5) is 19.0 Å².